The molecule has 1 aromatic carbocycles. The van der Waals surface area contributed by atoms with E-state index >= 15 is 0 Å². The molecule has 1 aliphatic heterocycles. The molecule has 0 aromatic heterocycles. The normalized spacial score (nSPS) is 18.0. The Morgan fingerprint density at radius 3 is 2.91 bits per heavy atom. The maximum Gasteiger partial charge on any atom is 0.407 e. The fourth-order valence-corrected chi connectivity index (χ4v) is 2.53. The highest BCUT2D eigenvalue weighted by molar-refractivity contribution is 5.94. The van der Waals surface area contributed by atoms with E-state index in [1.165, 1.54) is 6.07 Å². The monoisotopic (exact) mass is 308 g/mol. The number of halogens is 1. The van der Waals surface area contributed by atoms with Crippen LogP contribution in [0.25, 0.3) is 0 Å². The highest BCUT2D eigenvalue weighted by Crippen LogP contribution is 2.16. The van der Waals surface area contributed by atoms with Gasteiger partial charge in [-0.3, -0.25) is 4.79 Å². The molecule has 0 unspecified atom stereocenters. The van der Waals surface area contributed by atoms with Gasteiger partial charge in [0.2, 0.25) is 0 Å². The highest BCUT2D eigenvalue weighted by atomic mass is 19.1. The summed E-state index contributed by atoms with van der Waals surface area (Å²) in [6, 6.07) is 4.36. The second-order valence-electron chi connectivity index (χ2n) is 5.42. The zero-order valence-electron chi connectivity index (χ0n) is 12.9. The van der Waals surface area contributed by atoms with Crippen LogP contribution in [0.3, 0.4) is 0 Å². The number of piperidine rings is 1. The molecular weight excluding hydrogens is 287 g/mol. The molecule has 1 N–H and O–H groups in total. The van der Waals surface area contributed by atoms with Crippen molar-refractivity contribution in [2.45, 2.75) is 32.7 Å². The average molecular weight is 308 g/mol. The number of ether oxygens (including phenoxy) is 1. The summed E-state index contributed by atoms with van der Waals surface area (Å²) in [6.45, 7) is 4.72. The molecule has 0 radical (unpaired) electrons. The molecule has 5 nitrogen and oxygen atoms in total. The summed E-state index contributed by atoms with van der Waals surface area (Å²) in [5, 5.41) is 2.75. The largest absolute Gasteiger partial charge is 0.450 e. The first-order valence-corrected chi connectivity index (χ1v) is 7.50. The minimum absolute atomic E-state index is 0.132. The minimum Gasteiger partial charge on any atom is -0.450 e. The number of aryl methyl sites for hydroxylation is 1. The summed E-state index contributed by atoms with van der Waals surface area (Å²) in [5.74, 6) is -0.599. The maximum atomic E-state index is 13.6. The van der Waals surface area contributed by atoms with Crippen LogP contribution in [0.5, 0.6) is 0 Å². The smallest absolute Gasteiger partial charge is 0.407 e. The Morgan fingerprint density at radius 2 is 2.23 bits per heavy atom. The molecule has 1 aliphatic rings. The number of nitrogens with zero attached hydrogens (tertiary/aromatic N) is 1. The molecule has 1 fully saturated rings. The quantitative estimate of drug-likeness (QED) is 0.933. The van der Waals surface area contributed by atoms with Crippen LogP contribution in [0.15, 0.2) is 18.2 Å². The van der Waals surface area contributed by atoms with Crippen molar-refractivity contribution in [3.8, 4) is 0 Å². The standard InChI is InChI=1S/C16H21FN2O3/c1-3-22-16(21)18-13-5-4-8-19(10-13)15(20)12-7-6-11(2)14(17)9-12/h6-7,9,13H,3-5,8,10H2,1-2H3,(H,18,21)/t13-/m0/s1. The van der Waals surface area contributed by atoms with Gasteiger partial charge in [0, 0.05) is 24.7 Å². The van der Waals surface area contributed by atoms with Crippen LogP contribution in [-0.4, -0.2) is 42.6 Å². The summed E-state index contributed by atoms with van der Waals surface area (Å²) >= 11 is 0. The second kappa shape index (κ2) is 7.24. The van der Waals surface area contributed by atoms with Crippen molar-refractivity contribution in [3.63, 3.8) is 0 Å². The van der Waals surface area contributed by atoms with Gasteiger partial charge in [-0.1, -0.05) is 6.07 Å². The van der Waals surface area contributed by atoms with Crippen molar-refractivity contribution in [3.05, 3.63) is 35.1 Å². The summed E-state index contributed by atoms with van der Waals surface area (Å²) in [4.78, 5) is 25.5. The number of likely N-dealkylation sites (tertiary alicyclic amines) is 1. The third-order valence-corrected chi connectivity index (χ3v) is 3.72. The van der Waals surface area contributed by atoms with E-state index < -0.39 is 6.09 Å². The molecule has 1 aromatic rings. The van der Waals surface area contributed by atoms with E-state index in [4.69, 9.17) is 4.74 Å². The predicted octanol–water partition coefficient (Wildman–Crippen LogP) is 2.48. The van der Waals surface area contributed by atoms with Gasteiger partial charge in [0.15, 0.2) is 0 Å². The minimum atomic E-state index is -0.469. The topological polar surface area (TPSA) is 58.6 Å². The molecule has 1 atom stereocenters. The van der Waals surface area contributed by atoms with E-state index in [-0.39, 0.29) is 17.8 Å². The Morgan fingerprint density at radius 1 is 1.45 bits per heavy atom. The number of carbonyl (C=O) groups is 2. The lowest BCUT2D eigenvalue weighted by atomic mass is 10.0. The van der Waals surface area contributed by atoms with Crippen molar-refractivity contribution in [1.82, 2.24) is 10.2 Å². The Hall–Kier alpha value is -2.11. The number of hydrogen-bond donors (Lipinski definition) is 1. The Labute approximate surface area is 129 Å². The fraction of sp³-hybridized carbons (Fsp3) is 0.500. The molecule has 22 heavy (non-hydrogen) atoms. The highest BCUT2D eigenvalue weighted by Gasteiger charge is 2.26. The first-order valence-electron chi connectivity index (χ1n) is 7.50. The van der Waals surface area contributed by atoms with E-state index in [9.17, 15) is 14.0 Å². The lowest BCUT2D eigenvalue weighted by molar-refractivity contribution is 0.0685. The van der Waals surface area contributed by atoms with Gasteiger partial charge in [-0.2, -0.15) is 0 Å². The molecule has 2 amide bonds. The molecule has 0 spiro atoms. The number of hydrogen-bond acceptors (Lipinski definition) is 3. The van der Waals surface area contributed by atoms with E-state index in [2.05, 4.69) is 5.32 Å². The van der Waals surface area contributed by atoms with Crippen molar-refractivity contribution in [2.24, 2.45) is 0 Å². The Kier molecular flexibility index (Phi) is 5.35. The number of amides is 2. The van der Waals surface area contributed by atoms with Gasteiger partial charge in [-0.05, 0) is 44.4 Å². The fourth-order valence-electron chi connectivity index (χ4n) is 2.53. The van der Waals surface area contributed by atoms with Gasteiger partial charge in [-0.15, -0.1) is 0 Å². The first-order chi connectivity index (χ1) is 10.5. The number of benzene rings is 1. The Balaban J connectivity index is 2.00. The third-order valence-electron chi connectivity index (χ3n) is 3.72. The van der Waals surface area contributed by atoms with Crippen LogP contribution in [-0.2, 0) is 4.74 Å². The van der Waals surface area contributed by atoms with Crippen LogP contribution in [0, 0.1) is 12.7 Å². The second-order valence-corrected chi connectivity index (χ2v) is 5.42. The Bertz CT molecular complexity index is 562. The average Bonchev–Trinajstić information content (AvgIpc) is 2.50. The van der Waals surface area contributed by atoms with Crippen molar-refractivity contribution in [2.75, 3.05) is 19.7 Å². The summed E-state index contributed by atoms with van der Waals surface area (Å²) in [7, 11) is 0. The molecule has 120 valence electrons. The summed E-state index contributed by atoms with van der Waals surface area (Å²) in [5.41, 5.74) is 0.844. The predicted molar refractivity (Wildman–Crippen MR) is 80.2 cm³/mol. The summed E-state index contributed by atoms with van der Waals surface area (Å²) in [6.07, 6.45) is 1.12. The molecule has 2 rings (SSSR count). The van der Waals surface area contributed by atoms with E-state index in [0.717, 1.165) is 12.8 Å². The number of alkyl carbamates (subject to hydrolysis) is 1. The van der Waals surface area contributed by atoms with Crippen LogP contribution in [0.2, 0.25) is 0 Å². The van der Waals surface area contributed by atoms with Crippen molar-refractivity contribution >= 4 is 12.0 Å². The molecule has 0 bridgehead atoms. The zero-order chi connectivity index (χ0) is 16.1. The van der Waals surface area contributed by atoms with Crippen LogP contribution < -0.4 is 5.32 Å². The lowest BCUT2D eigenvalue weighted by Crippen LogP contribution is -2.49. The SMILES string of the molecule is CCOC(=O)N[C@H]1CCCN(C(=O)c2ccc(C)c(F)c2)C1. The van der Waals surface area contributed by atoms with Gasteiger partial charge in [0.25, 0.3) is 5.91 Å². The number of carbonyl (C=O) groups excluding carboxylic acids is 2. The molecule has 0 aliphatic carbocycles. The summed E-state index contributed by atoms with van der Waals surface area (Å²) < 4.78 is 18.4. The third kappa shape index (κ3) is 3.96. The molecular formula is C16H21FN2O3. The number of nitrogens with one attached hydrogen (secondary N) is 1. The van der Waals surface area contributed by atoms with E-state index in [0.29, 0.717) is 30.8 Å². The zero-order valence-corrected chi connectivity index (χ0v) is 12.9. The molecule has 1 saturated heterocycles. The van der Waals surface area contributed by atoms with E-state index in [1.807, 2.05) is 0 Å². The number of rotatable bonds is 3. The maximum absolute atomic E-state index is 13.6. The lowest BCUT2D eigenvalue weighted by Gasteiger charge is -2.33. The van der Waals surface area contributed by atoms with E-state index in [1.54, 1.807) is 30.9 Å². The van der Waals surface area contributed by atoms with Crippen molar-refractivity contribution < 1.29 is 18.7 Å². The van der Waals surface area contributed by atoms with Crippen molar-refractivity contribution in [1.29, 1.82) is 0 Å². The van der Waals surface area contributed by atoms with Crippen LogP contribution in [0.1, 0.15) is 35.7 Å². The molecule has 6 heteroatoms. The van der Waals surface area contributed by atoms with Gasteiger partial charge in [0.1, 0.15) is 5.82 Å². The van der Waals surface area contributed by atoms with Gasteiger partial charge in [0.05, 0.1) is 6.61 Å². The van der Waals surface area contributed by atoms with Gasteiger partial charge in [-0.25, -0.2) is 9.18 Å². The van der Waals surface area contributed by atoms with Crippen LogP contribution >= 0.6 is 0 Å². The molecule has 0 saturated carbocycles. The van der Waals surface area contributed by atoms with Gasteiger partial charge >= 0.3 is 6.09 Å². The molecule has 1 heterocycles. The van der Waals surface area contributed by atoms with Gasteiger partial charge < -0.3 is 15.0 Å². The first kappa shape index (κ1) is 16.3. The van der Waals surface area contributed by atoms with Crippen LogP contribution in [0.4, 0.5) is 9.18 Å².